The van der Waals surface area contributed by atoms with E-state index in [1.807, 2.05) is 0 Å². The minimum absolute atomic E-state index is 0.142. The van der Waals surface area contributed by atoms with E-state index in [2.05, 4.69) is 0 Å². The molecule has 0 atom stereocenters. The lowest BCUT2D eigenvalue weighted by molar-refractivity contribution is -0.116. The Hall–Kier alpha value is -2.56. The van der Waals surface area contributed by atoms with Crippen molar-refractivity contribution in [3.05, 3.63) is 54.0 Å². The highest BCUT2D eigenvalue weighted by Crippen LogP contribution is 2.19. The van der Waals surface area contributed by atoms with Crippen molar-refractivity contribution in [1.29, 1.82) is 0 Å². The third kappa shape index (κ3) is 3.01. The Morgan fingerprint density at radius 2 is 2.05 bits per heavy atom. The van der Waals surface area contributed by atoms with Gasteiger partial charge in [0.15, 0.2) is 0 Å². The second-order valence-electron chi connectivity index (χ2n) is 4.04. The highest BCUT2D eigenvalue weighted by atomic mass is 16.4. The zero-order valence-corrected chi connectivity index (χ0v) is 10.4. The molecule has 0 spiro atoms. The number of furan rings is 1. The number of carboxylic acid groups (broad SMARTS) is 1. The van der Waals surface area contributed by atoms with Crippen molar-refractivity contribution in [3.63, 3.8) is 0 Å². The van der Waals surface area contributed by atoms with Crippen LogP contribution in [-0.4, -0.2) is 17.0 Å². The minimum atomic E-state index is -1.02. The molecular formula is C14H13NO4. The van der Waals surface area contributed by atoms with Crippen LogP contribution in [0.15, 0.2) is 47.1 Å². The summed E-state index contributed by atoms with van der Waals surface area (Å²) in [7, 11) is 0. The molecule has 5 nitrogen and oxygen atoms in total. The van der Waals surface area contributed by atoms with Crippen LogP contribution in [-0.2, 0) is 11.3 Å². The van der Waals surface area contributed by atoms with E-state index in [9.17, 15) is 9.59 Å². The van der Waals surface area contributed by atoms with Crippen LogP contribution < -0.4 is 4.90 Å². The summed E-state index contributed by atoms with van der Waals surface area (Å²) < 4.78 is 5.20. The van der Waals surface area contributed by atoms with Gasteiger partial charge in [-0.3, -0.25) is 4.79 Å². The Morgan fingerprint density at radius 3 is 2.63 bits per heavy atom. The molecule has 98 valence electrons. The van der Waals surface area contributed by atoms with E-state index >= 15 is 0 Å². The molecule has 19 heavy (non-hydrogen) atoms. The van der Waals surface area contributed by atoms with Gasteiger partial charge in [-0.15, -0.1) is 0 Å². The molecule has 0 radical (unpaired) electrons. The molecule has 1 N–H and O–H groups in total. The van der Waals surface area contributed by atoms with Crippen molar-refractivity contribution in [1.82, 2.24) is 0 Å². The van der Waals surface area contributed by atoms with Gasteiger partial charge < -0.3 is 14.4 Å². The Kier molecular flexibility index (Phi) is 3.66. The van der Waals surface area contributed by atoms with Crippen LogP contribution in [0.5, 0.6) is 0 Å². The molecule has 1 heterocycles. The topological polar surface area (TPSA) is 70.8 Å². The number of aromatic carboxylic acids is 1. The quantitative estimate of drug-likeness (QED) is 0.915. The van der Waals surface area contributed by atoms with Gasteiger partial charge >= 0.3 is 5.97 Å². The van der Waals surface area contributed by atoms with Crippen LogP contribution in [0.3, 0.4) is 0 Å². The molecule has 0 fully saturated rings. The number of carbonyl (C=O) groups is 2. The SMILES string of the molecule is CC(=O)N(Cc1ccco1)c1cccc(C(=O)O)c1. The molecule has 5 heteroatoms. The molecule has 0 saturated carbocycles. The molecule has 1 aromatic heterocycles. The van der Waals surface area contributed by atoms with Crippen molar-refractivity contribution < 1.29 is 19.1 Å². The van der Waals surface area contributed by atoms with Crippen molar-refractivity contribution in [2.45, 2.75) is 13.5 Å². The number of carboxylic acids is 1. The molecule has 2 rings (SSSR count). The third-order valence-corrected chi connectivity index (χ3v) is 2.68. The fourth-order valence-electron chi connectivity index (χ4n) is 1.75. The van der Waals surface area contributed by atoms with Crippen LogP contribution in [0.25, 0.3) is 0 Å². The molecule has 0 aliphatic carbocycles. The van der Waals surface area contributed by atoms with E-state index in [1.54, 1.807) is 24.3 Å². The Morgan fingerprint density at radius 1 is 1.26 bits per heavy atom. The first-order valence-electron chi connectivity index (χ1n) is 5.72. The van der Waals surface area contributed by atoms with E-state index < -0.39 is 5.97 Å². The molecule has 0 aliphatic heterocycles. The van der Waals surface area contributed by atoms with Crippen molar-refractivity contribution in [2.75, 3.05) is 4.90 Å². The molecule has 0 aliphatic rings. The summed E-state index contributed by atoms with van der Waals surface area (Å²) in [4.78, 5) is 24.1. The van der Waals surface area contributed by atoms with Crippen LogP contribution in [0.1, 0.15) is 23.0 Å². The first-order valence-corrected chi connectivity index (χ1v) is 5.72. The summed E-state index contributed by atoms with van der Waals surface area (Å²) >= 11 is 0. The molecule has 0 bridgehead atoms. The summed E-state index contributed by atoms with van der Waals surface area (Å²) in [6.45, 7) is 1.70. The smallest absolute Gasteiger partial charge is 0.335 e. The van der Waals surface area contributed by atoms with Gasteiger partial charge in [0, 0.05) is 12.6 Å². The summed E-state index contributed by atoms with van der Waals surface area (Å²) in [5.41, 5.74) is 0.673. The maximum Gasteiger partial charge on any atom is 0.335 e. The lowest BCUT2D eigenvalue weighted by Crippen LogP contribution is -2.27. The number of amides is 1. The Balaban J connectivity index is 2.31. The van der Waals surface area contributed by atoms with Gasteiger partial charge in [-0.1, -0.05) is 6.07 Å². The van der Waals surface area contributed by atoms with Crippen molar-refractivity contribution in [3.8, 4) is 0 Å². The van der Waals surface area contributed by atoms with Gasteiger partial charge in [-0.25, -0.2) is 4.79 Å². The van der Waals surface area contributed by atoms with Crippen LogP contribution in [0.4, 0.5) is 5.69 Å². The van der Waals surface area contributed by atoms with Crippen LogP contribution >= 0.6 is 0 Å². The number of anilines is 1. The first kappa shape index (κ1) is 12.9. The largest absolute Gasteiger partial charge is 0.478 e. The maximum absolute atomic E-state index is 11.7. The predicted octanol–water partition coefficient (Wildman–Crippen LogP) is 2.53. The van der Waals surface area contributed by atoms with Gasteiger partial charge in [0.1, 0.15) is 5.76 Å². The molecule has 1 aromatic carbocycles. The highest BCUT2D eigenvalue weighted by molar-refractivity contribution is 5.94. The van der Waals surface area contributed by atoms with Gasteiger partial charge in [0.05, 0.1) is 18.4 Å². The molecule has 0 saturated heterocycles. The summed E-state index contributed by atoms with van der Waals surface area (Å²) in [6, 6.07) is 9.75. The number of rotatable bonds is 4. The average molecular weight is 259 g/mol. The molecule has 2 aromatic rings. The molecule has 0 unspecified atom stereocenters. The fourth-order valence-corrected chi connectivity index (χ4v) is 1.75. The normalized spacial score (nSPS) is 10.2. The van der Waals surface area contributed by atoms with E-state index in [-0.39, 0.29) is 18.0 Å². The standard InChI is InChI=1S/C14H13NO4/c1-10(16)15(9-13-6-3-7-19-13)12-5-2-4-11(8-12)14(17)18/h2-8H,9H2,1H3,(H,17,18). The fraction of sp³-hybridized carbons (Fsp3) is 0.143. The van der Waals surface area contributed by atoms with Gasteiger partial charge in [-0.2, -0.15) is 0 Å². The lowest BCUT2D eigenvalue weighted by Gasteiger charge is -2.20. The molecule has 1 amide bonds. The first-order chi connectivity index (χ1) is 9.08. The summed E-state index contributed by atoms with van der Waals surface area (Å²) in [5.74, 6) is -0.571. The maximum atomic E-state index is 11.7. The third-order valence-electron chi connectivity index (χ3n) is 2.68. The monoisotopic (exact) mass is 259 g/mol. The minimum Gasteiger partial charge on any atom is -0.478 e. The van der Waals surface area contributed by atoms with Gasteiger partial charge in [-0.05, 0) is 30.3 Å². The predicted molar refractivity (Wildman–Crippen MR) is 69.0 cm³/mol. The zero-order valence-electron chi connectivity index (χ0n) is 10.4. The highest BCUT2D eigenvalue weighted by Gasteiger charge is 2.15. The number of hydrogen-bond acceptors (Lipinski definition) is 3. The molecular weight excluding hydrogens is 246 g/mol. The number of hydrogen-bond donors (Lipinski definition) is 1. The second-order valence-corrected chi connectivity index (χ2v) is 4.04. The lowest BCUT2D eigenvalue weighted by atomic mass is 10.2. The van der Waals surface area contributed by atoms with E-state index in [4.69, 9.17) is 9.52 Å². The van der Waals surface area contributed by atoms with Crippen LogP contribution in [0.2, 0.25) is 0 Å². The average Bonchev–Trinajstić information content (AvgIpc) is 2.88. The van der Waals surface area contributed by atoms with E-state index in [1.165, 1.54) is 30.2 Å². The Labute approximate surface area is 110 Å². The van der Waals surface area contributed by atoms with Gasteiger partial charge in [0.25, 0.3) is 0 Å². The van der Waals surface area contributed by atoms with E-state index in [0.717, 1.165) is 0 Å². The second kappa shape index (κ2) is 5.39. The number of nitrogens with zero attached hydrogens (tertiary/aromatic N) is 1. The Bertz CT molecular complexity index is 589. The zero-order chi connectivity index (χ0) is 13.8. The number of carbonyl (C=O) groups excluding carboxylic acids is 1. The summed E-state index contributed by atoms with van der Waals surface area (Å²) in [6.07, 6.45) is 1.53. The number of benzene rings is 1. The van der Waals surface area contributed by atoms with Crippen molar-refractivity contribution >= 4 is 17.6 Å². The van der Waals surface area contributed by atoms with Crippen LogP contribution in [0, 0.1) is 0 Å². The van der Waals surface area contributed by atoms with Crippen molar-refractivity contribution in [2.24, 2.45) is 0 Å². The van der Waals surface area contributed by atoms with Gasteiger partial charge in [0.2, 0.25) is 5.91 Å². The van der Waals surface area contributed by atoms with E-state index in [0.29, 0.717) is 11.4 Å². The summed E-state index contributed by atoms with van der Waals surface area (Å²) in [5, 5.41) is 8.96.